The van der Waals surface area contributed by atoms with Gasteiger partial charge >= 0.3 is 6.18 Å². The van der Waals surface area contributed by atoms with Crippen LogP contribution in [0, 0.1) is 0 Å². The maximum absolute atomic E-state index is 12.9. The van der Waals surface area contributed by atoms with Crippen LogP contribution in [0.3, 0.4) is 0 Å². The monoisotopic (exact) mass is 357 g/mol. The Morgan fingerprint density at radius 1 is 1.26 bits per heavy atom. The van der Waals surface area contributed by atoms with Gasteiger partial charge in [0.1, 0.15) is 0 Å². The van der Waals surface area contributed by atoms with E-state index in [2.05, 4.69) is 20.7 Å². The second kappa shape index (κ2) is 5.06. The van der Waals surface area contributed by atoms with Crippen LogP contribution in [0.15, 0.2) is 27.6 Å². The van der Waals surface area contributed by atoms with E-state index < -0.39 is 26.7 Å². The molecular formula is C11H11BrF3NO2S. The summed E-state index contributed by atoms with van der Waals surface area (Å²) in [6.07, 6.45) is -2.50. The molecule has 0 bridgehead atoms. The van der Waals surface area contributed by atoms with Crippen LogP contribution in [0.1, 0.15) is 24.8 Å². The Labute approximate surface area is 117 Å². The molecule has 1 aliphatic carbocycles. The zero-order chi connectivity index (χ0) is 14.3. The third kappa shape index (κ3) is 3.29. The van der Waals surface area contributed by atoms with Gasteiger partial charge in [0.25, 0.3) is 0 Å². The molecule has 0 saturated heterocycles. The molecule has 2 rings (SSSR count). The molecule has 0 spiro atoms. The number of sulfonamides is 1. The largest absolute Gasteiger partial charge is 0.417 e. The zero-order valence-corrected chi connectivity index (χ0v) is 12.1. The fraction of sp³-hybridized carbons (Fsp3) is 0.455. The maximum Gasteiger partial charge on any atom is 0.417 e. The number of benzene rings is 1. The first-order valence-corrected chi connectivity index (χ1v) is 7.87. The maximum atomic E-state index is 12.9. The van der Waals surface area contributed by atoms with Gasteiger partial charge in [0, 0.05) is 10.5 Å². The molecule has 0 amide bonds. The second-order valence-corrected chi connectivity index (χ2v) is 6.99. The highest BCUT2D eigenvalue weighted by molar-refractivity contribution is 9.10. The Kier molecular flexibility index (Phi) is 3.95. The van der Waals surface area contributed by atoms with Crippen LogP contribution in [-0.4, -0.2) is 14.5 Å². The highest BCUT2D eigenvalue weighted by Gasteiger charge is 2.38. The summed E-state index contributed by atoms with van der Waals surface area (Å²) in [5.41, 5.74) is -1.16. The minimum Gasteiger partial charge on any atom is -0.208 e. The van der Waals surface area contributed by atoms with Gasteiger partial charge < -0.3 is 0 Å². The van der Waals surface area contributed by atoms with Crippen LogP contribution in [-0.2, 0) is 16.2 Å². The van der Waals surface area contributed by atoms with Gasteiger partial charge in [0.05, 0.1) is 10.5 Å². The van der Waals surface area contributed by atoms with Crippen molar-refractivity contribution in [2.24, 2.45) is 0 Å². The molecule has 1 aromatic carbocycles. The molecule has 1 N–H and O–H groups in total. The van der Waals surface area contributed by atoms with E-state index in [1.807, 2.05) is 0 Å². The SMILES string of the molecule is O=S(=O)(NC1CCC1)c1ccc(Br)cc1C(F)(F)F. The average molecular weight is 358 g/mol. The molecule has 19 heavy (non-hydrogen) atoms. The lowest BCUT2D eigenvalue weighted by atomic mass is 9.94. The fourth-order valence-corrected chi connectivity index (χ4v) is 3.64. The summed E-state index contributed by atoms with van der Waals surface area (Å²) in [6, 6.07) is 2.77. The van der Waals surface area contributed by atoms with Crippen LogP contribution in [0.25, 0.3) is 0 Å². The van der Waals surface area contributed by atoms with Crippen molar-refractivity contribution in [3.8, 4) is 0 Å². The fourth-order valence-electron chi connectivity index (χ4n) is 1.77. The van der Waals surface area contributed by atoms with Crippen molar-refractivity contribution in [2.75, 3.05) is 0 Å². The normalized spacial score (nSPS) is 17.3. The van der Waals surface area contributed by atoms with Crippen LogP contribution in [0.2, 0.25) is 0 Å². The molecule has 0 radical (unpaired) electrons. The summed E-state index contributed by atoms with van der Waals surface area (Å²) in [7, 11) is -4.14. The van der Waals surface area contributed by atoms with Crippen LogP contribution in [0.4, 0.5) is 13.2 Å². The third-order valence-corrected chi connectivity index (χ3v) is 5.04. The number of hydrogen-bond acceptors (Lipinski definition) is 2. The molecule has 0 atom stereocenters. The Hall–Kier alpha value is -0.600. The molecular weight excluding hydrogens is 347 g/mol. The highest BCUT2D eigenvalue weighted by atomic mass is 79.9. The van der Waals surface area contributed by atoms with Crippen molar-refractivity contribution in [3.05, 3.63) is 28.2 Å². The summed E-state index contributed by atoms with van der Waals surface area (Å²) in [6.45, 7) is 0. The lowest BCUT2D eigenvalue weighted by molar-refractivity contribution is -0.139. The molecule has 1 saturated carbocycles. The van der Waals surface area contributed by atoms with E-state index in [9.17, 15) is 21.6 Å². The van der Waals surface area contributed by atoms with Crippen molar-refractivity contribution in [1.29, 1.82) is 0 Å². The van der Waals surface area contributed by atoms with Crippen molar-refractivity contribution >= 4 is 26.0 Å². The lowest BCUT2D eigenvalue weighted by Gasteiger charge is -2.26. The molecule has 106 valence electrons. The summed E-state index contributed by atoms with van der Waals surface area (Å²) >= 11 is 2.92. The first-order valence-electron chi connectivity index (χ1n) is 5.59. The van der Waals surface area contributed by atoms with Crippen LogP contribution in [0.5, 0.6) is 0 Å². The molecule has 0 aliphatic heterocycles. The number of alkyl halides is 3. The predicted octanol–water partition coefficient (Wildman–Crippen LogP) is 3.30. The van der Waals surface area contributed by atoms with Gasteiger partial charge in [-0.25, -0.2) is 13.1 Å². The topological polar surface area (TPSA) is 46.2 Å². The predicted molar refractivity (Wildman–Crippen MR) is 67.1 cm³/mol. The first-order chi connectivity index (χ1) is 8.70. The number of halogens is 4. The van der Waals surface area contributed by atoms with E-state index in [1.54, 1.807) is 0 Å². The van der Waals surface area contributed by atoms with E-state index in [0.717, 1.165) is 18.6 Å². The quantitative estimate of drug-likeness (QED) is 0.901. The Morgan fingerprint density at radius 3 is 2.37 bits per heavy atom. The van der Waals surface area contributed by atoms with Gasteiger partial charge in [-0.1, -0.05) is 22.4 Å². The smallest absolute Gasteiger partial charge is 0.208 e. The third-order valence-electron chi connectivity index (χ3n) is 2.96. The molecule has 1 fully saturated rings. The Bertz CT molecular complexity index is 582. The lowest BCUT2D eigenvalue weighted by Crippen LogP contribution is -2.40. The van der Waals surface area contributed by atoms with Gasteiger partial charge in [-0.05, 0) is 31.0 Å². The van der Waals surface area contributed by atoms with E-state index in [4.69, 9.17) is 0 Å². The molecule has 3 nitrogen and oxygen atoms in total. The summed E-state index contributed by atoms with van der Waals surface area (Å²) < 4.78 is 65.1. The van der Waals surface area contributed by atoms with Crippen molar-refractivity contribution in [1.82, 2.24) is 4.72 Å². The van der Waals surface area contributed by atoms with Crippen molar-refractivity contribution < 1.29 is 21.6 Å². The average Bonchev–Trinajstić information content (AvgIpc) is 2.22. The molecule has 0 aromatic heterocycles. The molecule has 0 heterocycles. The van der Waals surface area contributed by atoms with Crippen molar-refractivity contribution in [2.45, 2.75) is 36.4 Å². The molecule has 1 aromatic rings. The van der Waals surface area contributed by atoms with Gasteiger partial charge in [-0.3, -0.25) is 0 Å². The minimum absolute atomic E-state index is 0.183. The molecule has 8 heteroatoms. The number of hydrogen-bond donors (Lipinski definition) is 1. The van der Waals surface area contributed by atoms with Gasteiger partial charge in [0.15, 0.2) is 0 Å². The Morgan fingerprint density at radius 2 is 1.89 bits per heavy atom. The van der Waals surface area contributed by atoms with Crippen LogP contribution < -0.4 is 4.72 Å². The molecule has 1 aliphatic rings. The van der Waals surface area contributed by atoms with Crippen LogP contribution >= 0.6 is 15.9 Å². The van der Waals surface area contributed by atoms with E-state index >= 15 is 0 Å². The van der Waals surface area contributed by atoms with Gasteiger partial charge in [0.2, 0.25) is 10.0 Å². The summed E-state index contributed by atoms with van der Waals surface area (Å²) in [5, 5.41) is 0. The van der Waals surface area contributed by atoms with Gasteiger partial charge in [-0.2, -0.15) is 13.2 Å². The molecule has 0 unspecified atom stereocenters. The van der Waals surface area contributed by atoms with Gasteiger partial charge in [-0.15, -0.1) is 0 Å². The second-order valence-electron chi connectivity index (χ2n) is 4.39. The first kappa shape index (κ1) is 14.8. The van der Waals surface area contributed by atoms with Crippen molar-refractivity contribution in [3.63, 3.8) is 0 Å². The van der Waals surface area contributed by atoms with E-state index in [-0.39, 0.29) is 10.5 Å². The summed E-state index contributed by atoms with van der Waals surface area (Å²) in [5.74, 6) is 0. The minimum atomic E-state index is -4.71. The highest BCUT2D eigenvalue weighted by Crippen LogP contribution is 2.36. The number of nitrogens with one attached hydrogen (secondary N) is 1. The Balaban J connectivity index is 2.43. The van der Waals surface area contributed by atoms with E-state index in [1.165, 1.54) is 6.07 Å². The zero-order valence-electron chi connectivity index (χ0n) is 9.67. The summed E-state index contributed by atoms with van der Waals surface area (Å²) in [4.78, 5) is -0.727. The van der Waals surface area contributed by atoms with E-state index in [0.29, 0.717) is 12.8 Å². The number of rotatable bonds is 3. The standard InChI is InChI=1S/C11H11BrF3NO2S/c12-7-4-5-10(9(6-7)11(13,14)15)19(17,18)16-8-2-1-3-8/h4-6,8,16H,1-3H2.